The molecule has 0 spiro atoms. The number of carbonyl (C=O) groups is 1. The van der Waals surface area contributed by atoms with E-state index in [9.17, 15) is 4.79 Å². The van der Waals surface area contributed by atoms with Gasteiger partial charge in [0.15, 0.2) is 0 Å². The number of aliphatic imine (C=N–C) groups is 1. The first-order valence-corrected chi connectivity index (χ1v) is 9.35. The maximum atomic E-state index is 10.8. The number of anilines is 1. The molecule has 1 aliphatic rings. The third kappa shape index (κ3) is 4.11. The second-order valence-electron chi connectivity index (χ2n) is 7.29. The van der Waals surface area contributed by atoms with Gasteiger partial charge in [-0.2, -0.15) is 0 Å². The van der Waals surface area contributed by atoms with E-state index in [2.05, 4.69) is 61.2 Å². The van der Waals surface area contributed by atoms with Crippen LogP contribution in [-0.2, 0) is 10.2 Å². The second-order valence-corrected chi connectivity index (χ2v) is 7.29. The molecule has 0 radical (unpaired) electrons. The van der Waals surface area contributed by atoms with E-state index < -0.39 is 5.97 Å². The summed E-state index contributed by atoms with van der Waals surface area (Å²) >= 11 is 0. The third-order valence-electron chi connectivity index (χ3n) is 5.13. The van der Waals surface area contributed by atoms with Crippen LogP contribution in [0.25, 0.3) is 6.08 Å². The normalized spacial score (nSPS) is 14.9. The molecule has 0 atom stereocenters. The highest BCUT2D eigenvalue weighted by Crippen LogP contribution is 2.40. The number of rotatable bonds is 7. The van der Waals surface area contributed by atoms with Crippen LogP contribution in [0.3, 0.4) is 0 Å². The molecule has 1 aliphatic heterocycles. The van der Waals surface area contributed by atoms with Gasteiger partial charge in [0.2, 0.25) is 0 Å². The molecule has 27 heavy (non-hydrogen) atoms. The molecule has 1 N–H and O–H groups in total. The third-order valence-corrected chi connectivity index (χ3v) is 5.13. The van der Waals surface area contributed by atoms with Gasteiger partial charge < -0.3 is 10.0 Å². The molecule has 140 valence electrons. The van der Waals surface area contributed by atoms with Crippen LogP contribution >= 0.6 is 0 Å². The maximum Gasteiger partial charge on any atom is 0.305 e. The molecule has 4 heteroatoms. The summed E-state index contributed by atoms with van der Waals surface area (Å²) < 4.78 is 0. The number of carboxylic acids is 1. The number of nitrogens with zero attached hydrogens (tertiary/aromatic N) is 2. The van der Waals surface area contributed by atoms with Crippen molar-refractivity contribution in [1.82, 2.24) is 0 Å². The molecule has 4 nitrogen and oxygen atoms in total. The number of hydrogen-bond acceptors (Lipinski definition) is 3. The van der Waals surface area contributed by atoms with Gasteiger partial charge in [0.05, 0.1) is 17.8 Å². The largest absolute Gasteiger partial charge is 0.481 e. The molecular formula is C23H26N2O2. The SMILES string of the molecule is CCN(CCC(=O)O)c1ccc(/C=C/C2=Nc3ccccc3C2(C)C)cc1. The molecule has 0 fully saturated rings. The van der Waals surface area contributed by atoms with Crippen LogP contribution in [0, 0.1) is 0 Å². The predicted molar refractivity (Wildman–Crippen MR) is 112 cm³/mol. The lowest BCUT2D eigenvalue weighted by Crippen LogP contribution is -2.25. The Morgan fingerprint density at radius 3 is 2.44 bits per heavy atom. The van der Waals surface area contributed by atoms with Crippen LogP contribution < -0.4 is 4.90 Å². The van der Waals surface area contributed by atoms with E-state index in [1.54, 1.807) is 0 Å². The summed E-state index contributed by atoms with van der Waals surface area (Å²) in [4.78, 5) is 17.7. The van der Waals surface area contributed by atoms with Crippen molar-refractivity contribution in [3.8, 4) is 0 Å². The van der Waals surface area contributed by atoms with Crippen molar-refractivity contribution in [1.29, 1.82) is 0 Å². The lowest BCUT2D eigenvalue weighted by atomic mass is 9.81. The Bertz CT molecular complexity index is 880. The summed E-state index contributed by atoms with van der Waals surface area (Å²) in [6.45, 7) is 7.74. The fourth-order valence-corrected chi connectivity index (χ4v) is 3.42. The number of carboxylic acid groups (broad SMARTS) is 1. The van der Waals surface area contributed by atoms with Crippen LogP contribution in [0.5, 0.6) is 0 Å². The summed E-state index contributed by atoms with van der Waals surface area (Å²) in [5, 5.41) is 8.88. The van der Waals surface area contributed by atoms with E-state index in [0.717, 1.165) is 29.2 Å². The first-order valence-electron chi connectivity index (χ1n) is 9.35. The van der Waals surface area contributed by atoms with Crippen molar-refractivity contribution < 1.29 is 9.90 Å². The minimum atomic E-state index is -0.769. The number of hydrogen-bond donors (Lipinski definition) is 1. The monoisotopic (exact) mass is 362 g/mol. The molecule has 0 aliphatic carbocycles. The minimum absolute atomic E-state index is 0.0944. The zero-order valence-electron chi connectivity index (χ0n) is 16.1. The molecule has 1 heterocycles. The van der Waals surface area contributed by atoms with E-state index in [1.165, 1.54) is 5.56 Å². The van der Waals surface area contributed by atoms with Crippen molar-refractivity contribution in [2.75, 3.05) is 18.0 Å². The van der Waals surface area contributed by atoms with Gasteiger partial charge in [-0.05, 0) is 42.3 Å². The zero-order valence-corrected chi connectivity index (χ0v) is 16.1. The fourth-order valence-electron chi connectivity index (χ4n) is 3.42. The van der Waals surface area contributed by atoms with Crippen LogP contribution in [-0.4, -0.2) is 29.9 Å². The number of benzene rings is 2. The Labute approximate surface area is 160 Å². The first-order chi connectivity index (χ1) is 12.9. The molecule has 0 bridgehead atoms. The molecule has 0 amide bonds. The van der Waals surface area contributed by atoms with Gasteiger partial charge in [-0.3, -0.25) is 9.79 Å². The van der Waals surface area contributed by atoms with Gasteiger partial charge in [0.25, 0.3) is 0 Å². The summed E-state index contributed by atoms with van der Waals surface area (Å²) in [6, 6.07) is 16.5. The molecule has 0 saturated carbocycles. The summed E-state index contributed by atoms with van der Waals surface area (Å²) in [5.74, 6) is -0.769. The predicted octanol–water partition coefficient (Wildman–Crippen LogP) is 5.06. The van der Waals surface area contributed by atoms with Crippen LogP contribution in [0.15, 0.2) is 59.6 Å². The average molecular weight is 362 g/mol. The molecule has 0 aromatic heterocycles. The quantitative estimate of drug-likeness (QED) is 0.748. The highest BCUT2D eigenvalue weighted by Gasteiger charge is 2.32. The van der Waals surface area contributed by atoms with Gasteiger partial charge in [-0.1, -0.05) is 50.3 Å². The van der Waals surface area contributed by atoms with Gasteiger partial charge in [0, 0.05) is 24.2 Å². The van der Waals surface area contributed by atoms with Crippen LogP contribution in [0.1, 0.15) is 38.3 Å². The van der Waals surface area contributed by atoms with Gasteiger partial charge >= 0.3 is 5.97 Å². The Kier molecular flexibility index (Phi) is 5.45. The average Bonchev–Trinajstić information content (AvgIpc) is 2.92. The van der Waals surface area contributed by atoms with E-state index in [0.29, 0.717) is 6.54 Å². The van der Waals surface area contributed by atoms with Crippen molar-refractivity contribution in [3.05, 3.63) is 65.7 Å². The van der Waals surface area contributed by atoms with E-state index in [-0.39, 0.29) is 11.8 Å². The maximum absolute atomic E-state index is 10.8. The van der Waals surface area contributed by atoms with Gasteiger partial charge in [0.1, 0.15) is 0 Å². The molecule has 0 saturated heterocycles. The molecular weight excluding hydrogens is 336 g/mol. The Morgan fingerprint density at radius 1 is 1.11 bits per heavy atom. The lowest BCUT2D eigenvalue weighted by Gasteiger charge is -2.22. The van der Waals surface area contributed by atoms with Crippen molar-refractivity contribution >= 4 is 29.1 Å². The van der Waals surface area contributed by atoms with E-state index >= 15 is 0 Å². The van der Waals surface area contributed by atoms with Crippen molar-refractivity contribution in [2.24, 2.45) is 4.99 Å². The summed E-state index contributed by atoms with van der Waals surface area (Å²) in [6.07, 6.45) is 4.33. The van der Waals surface area contributed by atoms with Gasteiger partial charge in [-0.15, -0.1) is 0 Å². The Hall–Kier alpha value is -2.88. The fraction of sp³-hybridized carbons (Fsp3) is 0.304. The van der Waals surface area contributed by atoms with Crippen molar-refractivity contribution in [2.45, 2.75) is 32.6 Å². The van der Waals surface area contributed by atoms with Crippen molar-refractivity contribution in [3.63, 3.8) is 0 Å². The Morgan fingerprint density at radius 2 is 1.81 bits per heavy atom. The molecule has 2 aromatic carbocycles. The summed E-state index contributed by atoms with van der Waals surface area (Å²) in [5.41, 5.74) is 5.42. The molecule has 2 aromatic rings. The minimum Gasteiger partial charge on any atom is -0.481 e. The van der Waals surface area contributed by atoms with E-state index in [4.69, 9.17) is 10.1 Å². The smallest absolute Gasteiger partial charge is 0.305 e. The van der Waals surface area contributed by atoms with E-state index in [1.807, 2.05) is 25.1 Å². The number of fused-ring (bicyclic) bond motifs is 1. The van der Waals surface area contributed by atoms with Gasteiger partial charge in [-0.25, -0.2) is 0 Å². The number of para-hydroxylation sites is 1. The molecule has 0 unspecified atom stereocenters. The highest BCUT2D eigenvalue weighted by atomic mass is 16.4. The topological polar surface area (TPSA) is 52.9 Å². The standard InChI is InChI=1S/C23H26N2O2/c1-4-25(16-15-22(26)27)18-12-9-17(10-13-18)11-14-21-23(2,3)19-7-5-6-8-20(19)24-21/h5-14H,4,15-16H2,1-3H3,(H,26,27)/b14-11+. The highest BCUT2D eigenvalue weighted by molar-refractivity contribution is 6.10. The van der Waals surface area contributed by atoms with Crippen LogP contribution in [0.2, 0.25) is 0 Å². The second kappa shape index (κ2) is 7.78. The lowest BCUT2D eigenvalue weighted by molar-refractivity contribution is -0.136. The molecule has 3 rings (SSSR count). The zero-order chi connectivity index (χ0) is 19.4. The first kappa shape index (κ1) is 18.9. The number of aliphatic carboxylic acids is 1. The van der Waals surface area contributed by atoms with Crippen LogP contribution in [0.4, 0.5) is 11.4 Å². The number of allylic oxidation sites excluding steroid dienone is 1. The Balaban J connectivity index is 1.73. The summed E-state index contributed by atoms with van der Waals surface area (Å²) in [7, 11) is 0.